The minimum atomic E-state index is 0.0183. The monoisotopic (exact) mass is 390 g/mol. The van der Waals surface area contributed by atoms with Gasteiger partial charge in [-0.05, 0) is 23.1 Å². The predicted octanol–water partition coefficient (Wildman–Crippen LogP) is 3.03. The summed E-state index contributed by atoms with van der Waals surface area (Å²) in [5, 5.41) is 11.7. The van der Waals surface area contributed by atoms with Crippen molar-refractivity contribution in [3.8, 4) is 0 Å². The molecule has 1 aliphatic heterocycles. The number of nitrogens with zero attached hydrogens (tertiary/aromatic N) is 7. The molecule has 1 fully saturated rings. The van der Waals surface area contributed by atoms with Crippen LogP contribution < -0.4 is 15.1 Å². The molecular weight excluding hydrogens is 364 g/mol. The molecule has 3 aromatic rings. The van der Waals surface area contributed by atoms with Crippen LogP contribution in [0.2, 0.25) is 0 Å². The standard InChI is InChI=1S/C21H26N8/c1-21(2,3)16-7-4-5-8-17(16)25-19-26-18(15-24-27-19)28-11-13-29(14-12-28)20-22-9-6-10-23-20/h4-10,15H,11-14H2,1-3H3,(H,25,26,27). The van der Waals surface area contributed by atoms with Gasteiger partial charge < -0.3 is 15.1 Å². The van der Waals surface area contributed by atoms with E-state index in [0.29, 0.717) is 5.95 Å². The Bertz CT molecular complexity index is 946. The van der Waals surface area contributed by atoms with Crippen LogP contribution in [0, 0.1) is 0 Å². The number of hydrogen-bond donors (Lipinski definition) is 1. The third-order valence-corrected chi connectivity index (χ3v) is 4.97. The molecule has 0 aliphatic carbocycles. The number of anilines is 4. The van der Waals surface area contributed by atoms with Crippen molar-refractivity contribution in [1.82, 2.24) is 25.1 Å². The predicted molar refractivity (Wildman–Crippen MR) is 115 cm³/mol. The number of piperazine rings is 1. The molecule has 1 saturated heterocycles. The van der Waals surface area contributed by atoms with Gasteiger partial charge in [-0.3, -0.25) is 0 Å². The van der Waals surface area contributed by atoms with Gasteiger partial charge in [-0.1, -0.05) is 39.0 Å². The summed E-state index contributed by atoms with van der Waals surface area (Å²) >= 11 is 0. The topological polar surface area (TPSA) is 83.0 Å². The Morgan fingerprint density at radius 1 is 0.897 bits per heavy atom. The van der Waals surface area contributed by atoms with Gasteiger partial charge in [0.05, 0.1) is 6.20 Å². The van der Waals surface area contributed by atoms with Gasteiger partial charge in [0.2, 0.25) is 11.9 Å². The van der Waals surface area contributed by atoms with E-state index in [-0.39, 0.29) is 5.41 Å². The largest absolute Gasteiger partial charge is 0.352 e. The molecule has 1 aliphatic rings. The van der Waals surface area contributed by atoms with Crippen LogP contribution in [0.4, 0.5) is 23.4 Å². The first kappa shape index (κ1) is 19.0. The van der Waals surface area contributed by atoms with E-state index in [2.05, 4.69) is 74.3 Å². The van der Waals surface area contributed by atoms with E-state index in [4.69, 9.17) is 4.98 Å². The summed E-state index contributed by atoms with van der Waals surface area (Å²) in [7, 11) is 0. The van der Waals surface area contributed by atoms with E-state index >= 15 is 0 Å². The fourth-order valence-electron chi connectivity index (χ4n) is 3.46. The molecule has 0 atom stereocenters. The lowest BCUT2D eigenvalue weighted by molar-refractivity contribution is 0.592. The summed E-state index contributed by atoms with van der Waals surface area (Å²) < 4.78 is 0. The highest BCUT2D eigenvalue weighted by Gasteiger charge is 2.21. The number of aromatic nitrogens is 5. The van der Waals surface area contributed by atoms with E-state index in [1.165, 1.54) is 5.56 Å². The maximum absolute atomic E-state index is 4.70. The number of para-hydroxylation sites is 1. The molecule has 2 aromatic heterocycles. The SMILES string of the molecule is CC(C)(C)c1ccccc1Nc1nncc(N2CCN(c3ncccn3)CC2)n1. The van der Waals surface area contributed by atoms with Crippen LogP contribution in [0.3, 0.4) is 0 Å². The highest BCUT2D eigenvalue weighted by molar-refractivity contribution is 5.61. The van der Waals surface area contributed by atoms with E-state index in [1.54, 1.807) is 18.6 Å². The first-order chi connectivity index (χ1) is 14.0. The van der Waals surface area contributed by atoms with E-state index < -0.39 is 0 Å². The van der Waals surface area contributed by atoms with Crippen molar-refractivity contribution >= 4 is 23.4 Å². The van der Waals surface area contributed by atoms with Crippen molar-refractivity contribution in [2.45, 2.75) is 26.2 Å². The second-order valence-corrected chi connectivity index (χ2v) is 8.08. The van der Waals surface area contributed by atoms with Crippen LogP contribution in [0.25, 0.3) is 0 Å². The van der Waals surface area contributed by atoms with Crippen LogP contribution >= 0.6 is 0 Å². The van der Waals surface area contributed by atoms with Gasteiger partial charge in [0.25, 0.3) is 0 Å². The zero-order chi connectivity index (χ0) is 20.3. The maximum Gasteiger partial charge on any atom is 0.249 e. The zero-order valence-electron chi connectivity index (χ0n) is 17.1. The van der Waals surface area contributed by atoms with E-state index in [0.717, 1.165) is 43.6 Å². The molecule has 3 heterocycles. The highest BCUT2D eigenvalue weighted by atomic mass is 15.4. The van der Waals surface area contributed by atoms with Gasteiger partial charge in [0.1, 0.15) is 0 Å². The summed E-state index contributed by atoms with van der Waals surface area (Å²) in [5.74, 6) is 2.10. The molecule has 150 valence electrons. The minimum Gasteiger partial charge on any atom is -0.352 e. The highest BCUT2D eigenvalue weighted by Crippen LogP contribution is 2.30. The fourth-order valence-corrected chi connectivity index (χ4v) is 3.46. The second kappa shape index (κ2) is 7.98. The minimum absolute atomic E-state index is 0.0183. The van der Waals surface area contributed by atoms with Crippen LogP contribution in [-0.4, -0.2) is 51.3 Å². The Morgan fingerprint density at radius 2 is 1.59 bits per heavy atom. The molecule has 0 bridgehead atoms. The molecule has 0 radical (unpaired) electrons. The first-order valence-corrected chi connectivity index (χ1v) is 9.84. The summed E-state index contributed by atoms with van der Waals surface area (Å²) in [5.41, 5.74) is 2.24. The summed E-state index contributed by atoms with van der Waals surface area (Å²) in [6, 6.07) is 10.1. The van der Waals surface area contributed by atoms with E-state index in [1.807, 2.05) is 12.1 Å². The second-order valence-electron chi connectivity index (χ2n) is 8.08. The maximum atomic E-state index is 4.70. The number of nitrogens with one attached hydrogen (secondary N) is 1. The van der Waals surface area contributed by atoms with Crippen LogP contribution in [-0.2, 0) is 5.41 Å². The molecule has 1 N–H and O–H groups in total. The Balaban J connectivity index is 1.47. The van der Waals surface area contributed by atoms with Gasteiger partial charge >= 0.3 is 0 Å². The molecule has 8 nitrogen and oxygen atoms in total. The molecule has 0 spiro atoms. The Morgan fingerprint density at radius 3 is 2.31 bits per heavy atom. The summed E-state index contributed by atoms with van der Waals surface area (Å²) in [4.78, 5) is 17.8. The van der Waals surface area contributed by atoms with Gasteiger partial charge in [0.15, 0.2) is 5.82 Å². The lowest BCUT2D eigenvalue weighted by atomic mass is 9.86. The van der Waals surface area contributed by atoms with Gasteiger partial charge in [-0.2, -0.15) is 10.1 Å². The van der Waals surface area contributed by atoms with Crippen LogP contribution in [0.1, 0.15) is 26.3 Å². The van der Waals surface area contributed by atoms with Crippen LogP contribution in [0.5, 0.6) is 0 Å². The third-order valence-electron chi connectivity index (χ3n) is 4.97. The average molecular weight is 390 g/mol. The van der Waals surface area contributed by atoms with E-state index in [9.17, 15) is 0 Å². The first-order valence-electron chi connectivity index (χ1n) is 9.84. The Kier molecular flexibility index (Phi) is 5.24. The average Bonchev–Trinajstić information content (AvgIpc) is 2.74. The molecule has 0 amide bonds. The smallest absolute Gasteiger partial charge is 0.249 e. The van der Waals surface area contributed by atoms with Crippen molar-refractivity contribution in [2.24, 2.45) is 0 Å². The van der Waals surface area contributed by atoms with Crippen molar-refractivity contribution in [3.05, 3.63) is 54.5 Å². The Hall–Kier alpha value is -3.29. The molecular formula is C21H26N8. The van der Waals surface area contributed by atoms with Crippen molar-refractivity contribution in [2.75, 3.05) is 41.3 Å². The van der Waals surface area contributed by atoms with Gasteiger partial charge in [-0.25, -0.2) is 9.97 Å². The molecule has 8 heteroatoms. The molecule has 0 saturated carbocycles. The molecule has 0 unspecified atom stereocenters. The van der Waals surface area contributed by atoms with Crippen molar-refractivity contribution in [1.29, 1.82) is 0 Å². The van der Waals surface area contributed by atoms with Crippen molar-refractivity contribution < 1.29 is 0 Å². The lowest BCUT2D eigenvalue weighted by Crippen LogP contribution is -2.47. The Labute approximate surface area is 171 Å². The zero-order valence-corrected chi connectivity index (χ0v) is 17.1. The van der Waals surface area contributed by atoms with Gasteiger partial charge in [0, 0.05) is 44.3 Å². The van der Waals surface area contributed by atoms with Gasteiger partial charge in [-0.15, -0.1) is 5.10 Å². The third kappa shape index (κ3) is 4.42. The number of benzene rings is 1. The molecule has 29 heavy (non-hydrogen) atoms. The fraction of sp³-hybridized carbons (Fsp3) is 0.381. The summed E-state index contributed by atoms with van der Waals surface area (Å²) in [6.07, 6.45) is 5.27. The molecule has 4 rings (SSSR count). The number of rotatable bonds is 4. The lowest BCUT2D eigenvalue weighted by Gasteiger charge is -2.35. The normalized spacial score (nSPS) is 14.7. The molecule has 1 aromatic carbocycles. The number of hydrogen-bond acceptors (Lipinski definition) is 8. The van der Waals surface area contributed by atoms with Crippen LogP contribution in [0.15, 0.2) is 48.9 Å². The summed E-state index contributed by atoms with van der Waals surface area (Å²) in [6.45, 7) is 9.91. The quantitative estimate of drug-likeness (QED) is 0.728. The van der Waals surface area contributed by atoms with Crippen molar-refractivity contribution in [3.63, 3.8) is 0 Å².